The summed E-state index contributed by atoms with van der Waals surface area (Å²) in [5.74, 6) is -2.71. The van der Waals surface area contributed by atoms with Gasteiger partial charge in [-0.2, -0.15) is 0 Å². The maximum Gasteiger partial charge on any atom is 0.332 e. The highest BCUT2D eigenvalue weighted by Gasteiger charge is 2.16. The molecule has 0 rings (SSSR count). The van der Waals surface area contributed by atoms with Gasteiger partial charge in [-0.15, -0.1) is 0 Å². The van der Waals surface area contributed by atoms with Crippen molar-refractivity contribution in [1.29, 1.82) is 0 Å². The summed E-state index contributed by atoms with van der Waals surface area (Å²) in [6, 6.07) is 0. The van der Waals surface area contributed by atoms with Crippen LogP contribution in [0.3, 0.4) is 0 Å². The van der Waals surface area contributed by atoms with E-state index < -0.39 is 24.1 Å². The average Bonchev–Trinajstić information content (AvgIpc) is 2.15. The van der Waals surface area contributed by atoms with Gasteiger partial charge in [0.15, 0.2) is 12.2 Å². The zero-order valence-electron chi connectivity index (χ0n) is 9.91. The van der Waals surface area contributed by atoms with E-state index in [2.05, 4.69) is 0 Å². The lowest BCUT2D eigenvalue weighted by Crippen LogP contribution is -2.25. The molecule has 0 saturated carbocycles. The summed E-state index contributed by atoms with van der Waals surface area (Å²) >= 11 is 0. The smallest absolute Gasteiger partial charge is 0.332 e. The quantitative estimate of drug-likeness (QED) is 0.553. The van der Waals surface area contributed by atoms with E-state index in [0.717, 1.165) is 0 Å². The Labute approximate surface area is 94.5 Å². The Morgan fingerprint density at radius 2 is 0.938 bits per heavy atom. The molecule has 0 aromatic carbocycles. The number of aliphatic carboxylic acids is 2. The van der Waals surface area contributed by atoms with Crippen LogP contribution in [0, 0.1) is 11.8 Å². The Morgan fingerprint density at radius 1 is 0.750 bits per heavy atom. The highest BCUT2D eigenvalue weighted by molar-refractivity contribution is 5.72. The summed E-state index contributed by atoms with van der Waals surface area (Å²) < 4.78 is 0. The third-order valence-corrected chi connectivity index (χ3v) is 1.77. The number of hydrogen-bond donors (Lipinski definition) is 4. The molecule has 96 valence electrons. The van der Waals surface area contributed by atoms with E-state index in [4.69, 9.17) is 20.4 Å². The van der Waals surface area contributed by atoms with Crippen molar-refractivity contribution >= 4 is 11.9 Å². The van der Waals surface area contributed by atoms with Crippen molar-refractivity contribution in [2.45, 2.75) is 39.9 Å². The summed E-state index contributed by atoms with van der Waals surface area (Å²) in [7, 11) is 0. The minimum absolute atomic E-state index is 0.201. The summed E-state index contributed by atoms with van der Waals surface area (Å²) in [6.07, 6.45) is -2.43. The van der Waals surface area contributed by atoms with Crippen LogP contribution in [0.15, 0.2) is 0 Å². The number of carboxylic acid groups (broad SMARTS) is 2. The second-order valence-electron chi connectivity index (χ2n) is 4.05. The molecule has 6 nitrogen and oxygen atoms in total. The lowest BCUT2D eigenvalue weighted by molar-refractivity contribution is -0.149. The van der Waals surface area contributed by atoms with Gasteiger partial charge in [0.1, 0.15) is 0 Å². The number of aliphatic hydroxyl groups is 2. The maximum absolute atomic E-state index is 9.89. The molecule has 6 heteroatoms. The molecular weight excluding hydrogens is 216 g/mol. The molecule has 0 aromatic heterocycles. The first-order valence-corrected chi connectivity index (χ1v) is 4.93. The SMILES string of the molecule is CC(C)C(O)C(=O)O.CC(C)[C@H](O)C(=O)O. The lowest BCUT2D eigenvalue weighted by atomic mass is 10.1. The molecule has 0 aromatic rings. The number of aliphatic hydroxyl groups excluding tert-OH is 2. The van der Waals surface area contributed by atoms with Crippen molar-refractivity contribution in [2.75, 3.05) is 0 Å². The summed E-state index contributed by atoms with van der Waals surface area (Å²) in [5.41, 5.74) is 0. The molecule has 4 N–H and O–H groups in total. The van der Waals surface area contributed by atoms with E-state index in [1.54, 1.807) is 27.7 Å². The maximum atomic E-state index is 9.89. The predicted molar refractivity (Wildman–Crippen MR) is 57.0 cm³/mol. The molecular formula is C10H20O6. The average molecular weight is 236 g/mol. The van der Waals surface area contributed by atoms with Crippen LogP contribution in [-0.2, 0) is 9.59 Å². The number of carboxylic acids is 2. The molecule has 0 fully saturated rings. The van der Waals surface area contributed by atoms with Crippen molar-refractivity contribution in [3.8, 4) is 0 Å². The predicted octanol–water partition coefficient (Wildman–Crippen LogP) is 0.176. The highest BCUT2D eigenvalue weighted by Crippen LogP contribution is 1.99. The van der Waals surface area contributed by atoms with Crippen molar-refractivity contribution in [1.82, 2.24) is 0 Å². The molecule has 0 radical (unpaired) electrons. The Bertz CT molecular complexity index is 199. The van der Waals surface area contributed by atoms with Crippen LogP contribution < -0.4 is 0 Å². The van der Waals surface area contributed by atoms with Crippen LogP contribution in [0.5, 0.6) is 0 Å². The van der Waals surface area contributed by atoms with Gasteiger partial charge in [-0.3, -0.25) is 0 Å². The van der Waals surface area contributed by atoms with Gasteiger partial charge >= 0.3 is 11.9 Å². The molecule has 0 spiro atoms. The van der Waals surface area contributed by atoms with Crippen molar-refractivity contribution in [2.24, 2.45) is 11.8 Å². The van der Waals surface area contributed by atoms with E-state index in [1.807, 2.05) is 0 Å². The first kappa shape index (κ1) is 17.3. The highest BCUT2D eigenvalue weighted by atomic mass is 16.4. The third kappa shape index (κ3) is 8.19. The zero-order valence-corrected chi connectivity index (χ0v) is 9.91. The molecule has 0 amide bonds. The Balaban J connectivity index is 0. The lowest BCUT2D eigenvalue weighted by Gasteiger charge is -2.06. The Morgan fingerprint density at radius 3 is 0.938 bits per heavy atom. The minimum atomic E-state index is -1.21. The summed E-state index contributed by atoms with van der Waals surface area (Å²) in [4.78, 5) is 19.8. The minimum Gasteiger partial charge on any atom is -0.479 e. The standard InChI is InChI=1S/2C5H10O3/c2*1-3(2)4(6)5(7)8/h2*3-4,6H,1-2H3,(H,7,8)/t4-;/m0./s1. The van der Waals surface area contributed by atoms with Gasteiger partial charge in [0.25, 0.3) is 0 Å². The van der Waals surface area contributed by atoms with Gasteiger partial charge in [0.05, 0.1) is 0 Å². The summed E-state index contributed by atoms with van der Waals surface area (Å²) in [5, 5.41) is 33.4. The second-order valence-corrected chi connectivity index (χ2v) is 4.05. The van der Waals surface area contributed by atoms with E-state index in [1.165, 1.54) is 0 Å². The Kier molecular flexibility index (Phi) is 8.70. The van der Waals surface area contributed by atoms with Gasteiger partial charge in [-0.05, 0) is 11.8 Å². The topological polar surface area (TPSA) is 115 Å². The largest absolute Gasteiger partial charge is 0.479 e. The normalized spacial score (nSPS) is 14.0. The van der Waals surface area contributed by atoms with E-state index in [9.17, 15) is 9.59 Å². The molecule has 0 aliphatic rings. The molecule has 0 heterocycles. The first-order valence-electron chi connectivity index (χ1n) is 4.93. The van der Waals surface area contributed by atoms with Gasteiger partial charge in [-0.1, -0.05) is 27.7 Å². The van der Waals surface area contributed by atoms with Crippen LogP contribution in [0.1, 0.15) is 27.7 Å². The van der Waals surface area contributed by atoms with Crippen LogP contribution >= 0.6 is 0 Å². The second kappa shape index (κ2) is 8.06. The van der Waals surface area contributed by atoms with Gasteiger partial charge in [-0.25, -0.2) is 9.59 Å². The molecule has 0 saturated heterocycles. The van der Waals surface area contributed by atoms with E-state index in [0.29, 0.717) is 0 Å². The van der Waals surface area contributed by atoms with Gasteiger partial charge in [0, 0.05) is 0 Å². The number of rotatable bonds is 4. The fraction of sp³-hybridized carbons (Fsp3) is 0.800. The molecule has 0 aliphatic heterocycles. The number of hydrogen-bond acceptors (Lipinski definition) is 4. The van der Waals surface area contributed by atoms with Gasteiger partial charge < -0.3 is 20.4 Å². The molecule has 1 unspecified atom stereocenters. The van der Waals surface area contributed by atoms with Crippen molar-refractivity contribution < 1.29 is 30.0 Å². The van der Waals surface area contributed by atoms with Crippen LogP contribution in [0.25, 0.3) is 0 Å². The fourth-order valence-corrected chi connectivity index (χ4v) is 0.570. The van der Waals surface area contributed by atoms with Crippen LogP contribution in [0.4, 0.5) is 0 Å². The Hall–Kier alpha value is -1.14. The van der Waals surface area contributed by atoms with Crippen molar-refractivity contribution in [3.63, 3.8) is 0 Å². The molecule has 2 atom stereocenters. The third-order valence-electron chi connectivity index (χ3n) is 1.77. The molecule has 0 bridgehead atoms. The van der Waals surface area contributed by atoms with Crippen molar-refractivity contribution in [3.05, 3.63) is 0 Å². The van der Waals surface area contributed by atoms with E-state index in [-0.39, 0.29) is 11.8 Å². The first-order chi connectivity index (χ1) is 7.11. The fourth-order valence-electron chi connectivity index (χ4n) is 0.570. The zero-order chi connectivity index (χ0) is 13.5. The molecule has 0 aliphatic carbocycles. The number of carbonyl (C=O) groups is 2. The van der Waals surface area contributed by atoms with Crippen LogP contribution in [-0.4, -0.2) is 44.6 Å². The molecule has 16 heavy (non-hydrogen) atoms. The van der Waals surface area contributed by atoms with E-state index >= 15 is 0 Å². The summed E-state index contributed by atoms with van der Waals surface area (Å²) in [6.45, 7) is 6.61. The van der Waals surface area contributed by atoms with Crippen LogP contribution in [0.2, 0.25) is 0 Å². The van der Waals surface area contributed by atoms with Gasteiger partial charge in [0.2, 0.25) is 0 Å². The monoisotopic (exact) mass is 236 g/mol.